The summed E-state index contributed by atoms with van der Waals surface area (Å²) in [5, 5.41) is 0. The first-order chi connectivity index (χ1) is 6.74. The summed E-state index contributed by atoms with van der Waals surface area (Å²) < 4.78 is 15.0. The quantitative estimate of drug-likeness (QED) is 0.353. The molecular weight excluding hydrogens is 184 g/mol. The van der Waals surface area contributed by atoms with E-state index in [1.807, 2.05) is 6.92 Å². The minimum atomic E-state index is -0.135. The SMILES string of the molecule is COCCCCC(=O)OCC1OC1C. The van der Waals surface area contributed by atoms with E-state index in [2.05, 4.69) is 0 Å². The normalized spacial score (nSPS) is 24.7. The molecule has 82 valence electrons. The van der Waals surface area contributed by atoms with Gasteiger partial charge in [0.1, 0.15) is 12.7 Å². The summed E-state index contributed by atoms with van der Waals surface area (Å²) in [7, 11) is 1.66. The Bertz CT molecular complexity index is 181. The first-order valence-electron chi connectivity index (χ1n) is 5.04. The van der Waals surface area contributed by atoms with Crippen molar-refractivity contribution in [3.63, 3.8) is 0 Å². The lowest BCUT2D eigenvalue weighted by atomic mass is 10.2. The zero-order valence-corrected chi connectivity index (χ0v) is 8.82. The molecule has 1 saturated heterocycles. The number of methoxy groups -OCH3 is 1. The van der Waals surface area contributed by atoms with Crippen molar-refractivity contribution in [3.8, 4) is 0 Å². The van der Waals surface area contributed by atoms with Crippen LogP contribution in [0, 0.1) is 0 Å². The summed E-state index contributed by atoms with van der Waals surface area (Å²) in [6.45, 7) is 3.08. The summed E-state index contributed by atoms with van der Waals surface area (Å²) in [5.74, 6) is -0.135. The van der Waals surface area contributed by atoms with Gasteiger partial charge in [-0.3, -0.25) is 4.79 Å². The Balaban J connectivity index is 1.88. The first kappa shape index (κ1) is 11.5. The second-order valence-electron chi connectivity index (χ2n) is 3.51. The second-order valence-corrected chi connectivity index (χ2v) is 3.51. The number of carbonyl (C=O) groups is 1. The molecule has 0 amide bonds. The van der Waals surface area contributed by atoms with Crippen molar-refractivity contribution < 1.29 is 19.0 Å². The molecule has 14 heavy (non-hydrogen) atoms. The number of esters is 1. The fraction of sp³-hybridized carbons (Fsp3) is 0.900. The van der Waals surface area contributed by atoms with Gasteiger partial charge in [-0.1, -0.05) is 0 Å². The largest absolute Gasteiger partial charge is 0.463 e. The Labute approximate surface area is 84.5 Å². The van der Waals surface area contributed by atoms with E-state index in [4.69, 9.17) is 14.2 Å². The number of hydrogen-bond donors (Lipinski definition) is 0. The Morgan fingerprint density at radius 1 is 1.43 bits per heavy atom. The van der Waals surface area contributed by atoms with Crippen molar-refractivity contribution in [2.75, 3.05) is 20.3 Å². The summed E-state index contributed by atoms with van der Waals surface area (Å²) >= 11 is 0. The molecule has 0 radical (unpaired) electrons. The average Bonchev–Trinajstić information content (AvgIpc) is 2.86. The van der Waals surface area contributed by atoms with Crippen molar-refractivity contribution >= 4 is 5.97 Å². The molecule has 0 spiro atoms. The Hall–Kier alpha value is -0.610. The maximum absolute atomic E-state index is 11.1. The molecule has 1 aliphatic rings. The monoisotopic (exact) mass is 202 g/mol. The van der Waals surface area contributed by atoms with Gasteiger partial charge < -0.3 is 14.2 Å². The number of rotatable bonds is 7. The molecule has 0 aliphatic carbocycles. The van der Waals surface area contributed by atoms with Crippen LogP contribution in [0.15, 0.2) is 0 Å². The third-order valence-corrected chi connectivity index (χ3v) is 2.22. The Morgan fingerprint density at radius 2 is 2.14 bits per heavy atom. The van der Waals surface area contributed by atoms with E-state index >= 15 is 0 Å². The van der Waals surface area contributed by atoms with Gasteiger partial charge >= 0.3 is 5.97 Å². The van der Waals surface area contributed by atoms with Crippen LogP contribution in [-0.4, -0.2) is 38.5 Å². The molecule has 0 saturated carbocycles. The molecule has 0 aromatic carbocycles. The van der Waals surface area contributed by atoms with Crippen LogP contribution in [0.25, 0.3) is 0 Å². The standard InChI is InChI=1S/C10H18O4/c1-8-9(14-8)7-13-10(11)5-3-4-6-12-2/h8-9H,3-7H2,1-2H3. The van der Waals surface area contributed by atoms with Crippen LogP contribution in [0.1, 0.15) is 26.2 Å². The third-order valence-electron chi connectivity index (χ3n) is 2.22. The highest BCUT2D eigenvalue weighted by Crippen LogP contribution is 2.20. The Kier molecular flexibility index (Phi) is 4.90. The summed E-state index contributed by atoms with van der Waals surface area (Å²) in [6, 6.07) is 0. The van der Waals surface area contributed by atoms with Gasteiger partial charge in [-0.2, -0.15) is 0 Å². The Morgan fingerprint density at radius 3 is 2.71 bits per heavy atom. The maximum atomic E-state index is 11.1. The van der Waals surface area contributed by atoms with E-state index in [0.29, 0.717) is 19.6 Å². The predicted molar refractivity (Wildman–Crippen MR) is 51.0 cm³/mol. The molecule has 1 rings (SSSR count). The number of hydrogen-bond acceptors (Lipinski definition) is 4. The summed E-state index contributed by atoms with van der Waals surface area (Å²) in [5.41, 5.74) is 0. The average molecular weight is 202 g/mol. The maximum Gasteiger partial charge on any atom is 0.305 e. The van der Waals surface area contributed by atoms with Gasteiger partial charge in [0.05, 0.1) is 6.10 Å². The van der Waals surface area contributed by atoms with Crippen LogP contribution in [-0.2, 0) is 19.0 Å². The number of epoxide rings is 1. The lowest BCUT2D eigenvalue weighted by Gasteiger charge is -2.02. The highest BCUT2D eigenvalue weighted by atomic mass is 16.6. The van der Waals surface area contributed by atoms with Gasteiger partial charge in [0.2, 0.25) is 0 Å². The second kappa shape index (κ2) is 5.98. The molecule has 0 aromatic rings. The molecule has 0 aromatic heterocycles. The van der Waals surface area contributed by atoms with E-state index in [1.165, 1.54) is 0 Å². The zero-order valence-electron chi connectivity index (χ0n) is 8.82. The molecule has 1 aliphatic heterocycles. The van der Waals surface area contributed by atoms with Gasteiger partial charge in [-0.15, -0.1) is 0 Å². The molecule has 1 fully saturated rings. The van der Waals surface area contributed by atoms with Gasteiger partial charge in [-0.05, 0) is 19.8 Å². The van der Waals surface area contributed by atoms with Gasteiger partial charge in [0.15, 0.2) is 0 Å². The van der Waals surface area contributed by atoms with E-state index in [1.54, 1.807) is 7.11 Å². The third kappa shape index (κ3) is 4.58. The first-order valence-corrected chi connectivity index (χ1v) is 5.04. The molecule has 2 unspecified atom stereocenters. The smallest absolute Gasteiger partial charge is 0.305 e. The van der Waals surface area contributed by atoms with Crippen molar-refractivity contribution in [3.05, 3.63) is 0 Å². The van der Waals surface area contributed by atoms with E-state index in [9.17, 15) is 4.79 Å². The highest BCUT2D eigenvalue weighted by Gasteiger charge is 2.35. The number of carbonyl (C=O) groups excluding carboxylic acids is 1. The number of ether oxygens (including phenoxy) is 3. The van der Waals surface area contributed by atoms with Gasteiger partial charge in [0, 0.05) is 20.1 Å². The fourth-order valence-corrected chi connectivity index (χ4v) is 1.17. The van der Waals surface area contributed by atoms with Crippen LogP contribution in [0.2, 0.25) is 0 Å². The molecule has 1 heterocycles. The van der Waals surface area contributed by atoms with E-state index < -0.39 is 0 Å². The molecule has 0 N–H and O–H groups in total. The van der Waals surface area contributed by atoms with Crippen LogP contribution in [0.4, 0.5) is 0 Å². The van der Waals surface area contributed by atoms with Crippen LogP contribution in [0.3, 0.4) is 0 Å². The lowest BCUT2D eigenvalue weighted by Crippen LogP contribution is -2.10. The summed E-state index contributed by atoms with van der Waals surface area (Å²) in [6.07, 6.45) is 2.61. The van der Waals surface area contributed by atoms with Crippen LogP contribution in [0.5, 0.6) is 0 Å². The van der Waals surface area contributed by atoms with Crippen molar-refractivity contribution in [2.45, 2.75) is 38.4 Å². The van der Waals surface area contributed by atoms with Crippen molar-refractivity contribution in [1.29, 1.82) is 0 Å². The lowest BCUT2D eigenvalue weighted by molar-refractivity contribution is -0.144. The van der Waals surface area contributed by atoms with E-state index in [-0.39, 0.29) is 18.2 Å². The van der Waals surface area contributed by atoms with Crippen LogP contribution < -0.4 is 0 Å². The fourth-order valence-electron chi connectivity index (χ4n) is 1.17. The molecule has 2 atom stereocenters. The van der Waals surface area contributed by atoms with Gasteiger partial charge in [-0.25, -0.2) is 0 Å². The van der Waals surface area contributed by atoms with Crippen molar-refractivity contribution in [1.82, 2.24) is 0 Å². The molecule has 4 heteroatoms. The minimum Gasteiger partial charge on any atom is -0.463 e. The molecule has 0 bridgehead atoms. The van der Waals surface area contributed by atoms with E-state index in [0.717, 1.165) is 12.8 Å². The highest BCUT2D eigenvalue weighted by molar-refractivity contribution is 5.69. The van der Waals surface area contributed by atoms with Crippen molar-refractivity contribution in [2.24, 2.45) is 0 Å². The molecule has 4 nitrogen and oxygen atoms in total. The topological polar surface area (TPSA) is 48.1 Å². The minimum absolute atomic E-state index is 0.135. The number of unbranched alkanes of at least 4 members (excludes halogenated alkanes) is 1. The predicted octanol–water partition coefficient (Wildman–Crippen LogP) is 1.13. The van der Waals surface area contributed by atoms with Crippen LogP contribution >= 0.6 is 0 Å². The molecular formula is C10H18O4. The zero-order chi connectivity index (χ0) is 10.4. The summed E-state index contributed by atoms with van der Waals surface area (Å²) in [4.78, 5) is 11.1. The van der Waals surface area contributed by atoms with Gasteiger partial charge in [0.25, 0.3) is 0 Å².